The van der Waals surface area contributed by atoms with E-state index in [4.69, 9.17) is 0 Å². The Labute approximate surface area is 168 Å². The number of anilines is 1. The van der Waals surface area contributed by atoms with Crippen LogP contribution in [0.1, 0.15) is 30.6 Å². The molecule has 0 heterocycles. The smallest absolute Gasteiger partial charge is 0.251 e. The fourth-order valence-corrected chi connectivity index (χ4v) is 4.45. The normalized spacial score (nSPS) is 11.4. The average molecular weight is 404 g/mol. The second kappa shape index (κ2) is 10.2. The van der Waals surface area contributed by atoms with Gasteiger partial charge in [0.25, 0.3) is 5.91 Å². The summed E-state index contributed by atoms with van der Waals surface area (Å²) in [6, 6.07) is 16.3. The van der Waals surface area contributed by atoms with Crippen LogP contribution < -0.4 is 10.2 Å². The van der Waals surface area contributed by atoms with Crippen LogP contribution in [0.5, 0.6) is 0 Å². The predicted molar refractivity (Wildman–Crippen MR) is 113 cm³/mol. The van der Waals surface area contributed by atoms with E-state index < -0.39 is 10.0 Å². The van der Waals surface area contributed by atoms with Crippen molar-refractivity contribution in [2.45, 2.75) is 25.2 Å². The van der Waals surface area contributed by atoms with Gasteiger partial charge in [-0.15, -0.1) is 0 Å². The summed E-state index contributed by atoms with van der Waals surface area (Å²) in [5, 5.41) is 2.87. The van der Waals surface area contributed by atoms with Gasteiger partial charge in [0.1, 0.15) is 0 Å². The Bertz CT molecular complexity index is 865. The molecule has 0 fully saturated rings. The number of para-hydroxylation sites is 1. The lowest BCUT2D eigenvalue weighted by Crippen LogP contribution is -2.31. The van der Waals surface area contributed by atoms with E-state index in [2.05, 4.69) is 10.2 Å². The molecule has 2 aromatic rings. The van der Waals surface area contributed by atoms with E-state index in [9.17, 15) is 13.2 Å². The van der Waals surface area contributed by atoms with E-state index in [1.165, 1.54) is 16.4 Å². The highest BCUT2D eigenvalue weighted by atomic mass is 32.2. The molecule has 6 nitrogen and oxygen atoms in total. The third-order valence-corrected chi connectivity index (χ3v) is 6.64. The van der Waals surface area contributed by atoms with Crippen LogP contribution in [0.3, 0.4) is 0 Å². The van der Waals surface area contributed by atoms with E-state index in [-0.39, 0.29) is 10.8 Å². The maximum absolute atomic E-state index is 12.6. The van der Waals surface area contributed by atoms with E-state index in [1.807, 2.05) is 37.4 Å². The Balaban J connectivity index is 1.93. The first-order chi connectivity index (χ1) is 13.4. The summed E-state index contributed by atoms with van der Waals surface area (Å²) in [6.07, 6.45) is 0.786. The molecule has 0 aliphatic rings. The highest BCUT2D eigenvalue weighted by Gasteiger charge is 2.22. The van der Waals surface area contributed by atoms with Gasteiger partial charge in [-0.2, -0.15) is 4.31 Å². The molecule has 7 heteroatoms. The minimum Gasteiger partial charge on any atom is -0.375 e. The zero-order chi connectivity index (χ0) is 20.6. The van der Waals surface area contributed by atoms with Crippen LogP contribution in [0, 0.1) is 0 Å². The van der Waals surface area contributed by atoms with Gasteiger partial charge in [-0.3, -0.25) is 4.79 Å². The number of carbonyl (C=O) groups excluding carboxylic acids is 1. The van der Waals surface area contributed by atoms with Gasteiger partial charge < -0.3 is 10.2 Å². The Morgan fingerprint density at radius 1 is 1.00 bits per heavy atom. The molecule has 0 saturated heterocycles. The Kier molecular flexibility index (Phi) is 8.02. The molecule has 0 unspecified atom stereocenters. The monoisotopic (exact) mass is 403 g/mol. The first-order valence-electron chi connectivity index (χ1n) is 9.54. The first-order valence-corrected chi connectivity index (χ1v) is 11.0. The summed E-state index contributed by atoms with van der Waals surface area (Å²) < 4.78 is 26.6. The van der Waals surface area contributed by atoms with Crippen LogP contribution in [0.4, 0.5) is 5.69 Å². The zero-order valence-electron chi connectivity index (χ0n) is 16.8. The van der Waals surface area contributed by atoms with E-state index >= 15 is 0 Å². The van der Waals surface area contributed by atoms with Crippen molar-refractivity contribution in [2.24, 2.45) is 0 Å². The molecular formula is C21H29N3O3S. The lowest BCUT2D eigenvalue weighted by atomic mass is 10.2. The van der Waals surface area contributed by atoms with Crippen molar-refractivity contribution in [3.8, 4) is 0 Å². The summed E-state index contributed by atoms with van der Waals surface area (Å²) >= 11 is 0. The number of nitrogens with one attached hydrogen (secondary N) is 1. The molecule has 0 spiro atoms. The number of rotatable bonds is 10. The lowest BCUT2D eigenvalue weighted by molar-refractivity contribution is 0.0953. The molecule has 0 aromatic heterocycles. The number of hydrogen-bond donors (Lipinski definition) is 1. The van der Waals surface area contributed by atoms with Crippen molar-refractivity contribution in [1.29, 1.82) is 0 Å². The SMILES string of the molecule is CCN(CC)S(=O)(=O)c1cccc(C(=O)NCCCN(C)c2ccccc2)c1. The van der Waals surface area contributed by atoms with E-state index in [1.54, 1.807) is 26.0 Å². The van der Waals surface area contributed by atoms with Crippen LogP contribution in [0.2, 0.25) is 0 Å². The molecule has 0 aliphatic carbocycles. The van der Waals surface area contributed by atoms with Crippen molar-refractivity contribution < 1.29 is 13.2 Å². The number of benzene rings is 2. The first kappa shape index (κ1) is 21.9. The van der Waals surface area contributed by atoms with Crippen LogP contribution in [0.25, 0.3) is 0 Å². The van der Waals surface area contributed by atoms with Gasteiger partial charge in [-0.05, 0) is 36.8 Å². The Morgan fingerprint density at radius 3 is 2.32 bits per heavy atom. The summed E-state index contributed by atoms with van der Waals surface area (Å²) in [4.78, 5) is 14.7. The number of amides is 1. The Morgan fingerprint density at radius 2 is 1.68 bits per heavy atom. The van der Waals surface area contributed by atoms with Gasteiger partial charge in [0.15, 0.2) is 0 Å². The van der Waals surface area contributed by atoms with Crippen LogP contribution in [-0.2, 0) is 10.0 Å². The quantitative estimate of drug-likeness (QED) is 0.619. The lowest BCUT2D eigenvalue weighted by Gasteiger charge is -2.19. The number of nitrogens with zero attached hydrogens (tertiary/aromatic N) is 2. The van der Waals surface area contributed by atoms with Gasteiger partial charge in [0.05, 0.1) is 4.90 Å². The van der Waals surface area contributed by atoms with Gasteiger partial charge in [-0.25, -0.2) is 8.42 Å². The van der Waals surface area contributed by atoms with E-state index in [0.29, 0.717) is 25.2 Å². The molecule has 0 saturated carbocycles. The standard InChI is InChI=1S/C21H29N3O3S/c1-4-24(5-2)28(26,27)20-14-9-11-18(17-20)21(25)22-15-10-16-23(3)19-12-7-6-8-13-19/h6-9,11-14,17H,4-5,10,15-16H2,1-3H3,(H,22,25). The van der Waals surface area contributed by atoms with Crippen molar-refractivity contribution in [3.63, 3.8) is 0 Å². The maximum atomic E-state index is 12.6. The number of hydrogen-bond acceptors (Lipinski definition) is 4. The molecule has 0 bridgehead atoms. The van der Waals surface area contributed by atoms with Gasteiger partial charge in [-0.1, -0.05) is 38.1 Å². The van der Waals surface area contributed by atoms with Crippen LogP contribution in [-0.4, -0.2) is 51.9 Å². The summed E-state index contributed by atoms with van der Waals surface area (Å²) in [7, 11) is -1.57. The predicted octanol–water partition coefficient (Wildman–Crippen LogP) is 2.97. The molecular weight excluding hydrogens is 374 g/mol. The van der Waals surface area contributed by atoms with Crippen molar-refractivity contribution in [3.05, 3.63) is 60.2 Å². The molecule has 0 aliphatic heterocycles. The third-order valence-electron chi connectivity index (χ3n) is 4.59. The Hall–Kier alpha value is -2.38. The van der Waals surface area contributed by atoms with E-state index in [0.717, 1.165) is 18.7 Å². The zero-order valence-corrected chi connectivity index (χ0v) is 17.6. The minimum atomic E-state index is -3.58. The topological polar surface area (TPSA) is 69.7 Å². The molecule has 1 N–H and O–H groups in total. The molecule has 0 atom stereocenters. The van der Waals surface area contributed by atoms with Gasteiger partial charge in [0.2, 0.25) is 10.0 Å². The molecule has 0 radical (unpaired) electrons. The molecule has 1 amide bonds. The van der Waals surface area contributed by atoms with Crippen molar-refractivity contribution >= 4 is 21.6 Å². The summed E-state index contributed by atoms with van der Waals surface area (Å²) in [5.74, 6) is -0.265. The van der Waals surface area contributed by atoms with Gasteiger partial charge >= 0.3 is 0 Å². The second-order valence-electron chi connectivity index (χ2n) is 6.48. The number of sulfonamides is 1. The highest BCUT2D eigenvalue weighted by molar-refractivity contribution is 7.89. The molecule has 2 aromatic carbocycles. The fourth-order valence-electron chi connectivity index (χ4n) is 2.94. The minimum absolute atomic E-state index is 0.146. The largest absolute Gasteiger partial charge is 0.375 e. The van der Waals surface area contributed by atoms with Crippen LogP contribution >= 0.6 is 0 Å². The molecule has 152 valence electrons. The van der Waals surface area contributed by atoms with Crippen molar-refractivity contribution in [1.82, 2.24) is 9.62 Å². The van der Waals surface area contributed by atoms with Crippen molar-refractivity contribution in [2.75, 3.05) is 38.1 Å². The highest BCUT2D eigenvalue weighted by Crippen LogP contribution is 2.17. The third kappa shape index (κ3) is 5.56. The molecule has 2 rings (SSSR count). The van der Waals surface area contributed by atoms with Gasteiger partial charge in [0, 0.05) is 44.5 Å². The number of carbonyl (C=O) groups is 1. The maximum Gasteiger partial charge on any atom is 0.251 e. The second-order valence-corrected chi connectivity index (χ2v) is 8.42. The van der Waals surface area contributed by atoms with Crippen LogP contribution in [0.15, 0.2) is 59.5 Å². The summed E-state index contributed by atoms with van der Waals surface area (Å²) in [5.41, 5.74) is 1.48. The molecule has 28 heavy (non-hydrogen) atoms. The fraction of sp³-hybridized carbons (Fsp3) is 0.381. The average Bonchev–Trinajstić information content (AvgIpc) is 2.72. The summed E-state index contributed by atoms with van der Waals surface area (Å²) in [6.45, 7) is 5.70.